The Morgan fingerprint density at radius 1 is 1.21 bits per heavy atom. The van der Waals surface area contributed by atoms with E-state index in [-0.39, 0.29) is 11.8 Å². The molecule has 0 atom stereocenters. The number of benzene rings is 1. The molecule has 0 aliphatic rings. The van der Waals surface area contributed by atoms with Gasteiger partial charge in [0.05, 0.1) is 5.56 Å². The summed E-state index contributed by atoms with van der Waals surface area (Å²) in [6.07, 6.45) is -4.36. The lowest BCUT2D eigenvalue weighted by Gasteiger charge is -2.06. The fourth-order valence-corrected chi connectivity index (χ4v) is 0.919. The van der Waals surface area contributed by atoms with Gasteiger partial charge in [-0.05, 0) is 23.4 Å². The quantitative estimate of drug-likeness (QED) is 0.548. The number of nitrogens with zero attached hydrogens (tertiary/aromatic N) is 1. The SMILES string of the molecule is O=Cc1cc(N=O)cc(C(F)(F)F)c1. The van der Waals surface area contributed by atoms with Crippen molar-refractivity contribution in [2.24, 2.45) is 5.18 Å². The Balaban J connectivity index is 3.31. The average molecular weight is 203 g/mol. The molecule has 0 radical (unpaired) electrons. The van der Waals surface area contributed by atoms with E-state index in [4.69, 9.17) is 0 Å². The minimum atomic E-state index is -4.58. The van der Waals surface area contributed by atoms with Gasteiger partial charge in [-0.1, -0.05) is 0 Å². The Morgan fingerprint density at radius 3 is 2.29 bits per heavy atom. The second-order valence-electron chi connectivity index (χ2n) is 2.52. The molecule has 1 rings (SSSR count). The number of hydrogen-bond acceptors (Lipinski definition) is 3. The summed E-state index contributed by atoms with van der Waals surface area (Å²) in [6, 6.07) is 2.22. The maximum absolute atomic E-state index is 12.2. The Morgan fingerprint density at radius 2 is 1.86 bits per heavy atom. The summed E-state index contributed by atoms with van der Waals surface area (Å²) in [5, 5.41) is 2.34. The van der Waals surface area contributed by atoms with Gasteiger partial charge in [-0.3, -0.25) is 4.79 Å². The zero-order valence-electron chi connectivity index (χ0n) is 6.71. The molecule has 0 aromatic heterocycles. The molecule has 6 heteroatoms. The topological polar surface area (TPSA) is 46.5 Å². The van der Waals surface area contributed by atoms with E-state index in [2.05, 4.69) is 5.18 Å². The number of alkyl halides is 3. The van der Waals surface area contributed by atoms with Crippen molar-refractivity contribution in [1.82, 2.24) is 0 Å². The Hall–Kier alpha value is -1.72. The largest absolute Gasteiger partial charge is 0.416 e. The molecular weight excluding hydrogens is 199 g/mol. The lowest BCUT2D eigenvalue weighted by Crippen LogP contribution is -2.05. The summed E-state index contributed by atoms with van der Waals surface area (Å²) in [4.78, 5) is 20.3. The molecule has 1 aromatic carbocycles. The summed E-state index contributed by atoms with van der Waals surface area (Å²) >= 11 is 0. The van der Waals surface area contributed by atoms with Crippen LogP contribution >= 0.6 is 0 Å². The van der Waals surface area contributed by atoms with E-state index in [0.29, 0.717) is 12.1 Å². The van der Waals surface area contributed by atoms with E-state index in [1.54, 1.807) is 0 Å². The number of hydrogen-bond donors (Lipinski definition) is 0. The molecule has 3 nitrogen and oxygen atoms in total. The normalized spacial score (nSPS) is 11.1. The molecule has 0 aliphatic heterocycles. The molecule has 14 heavy (non-hydrogen) atoms. The standard InChI is InChI=1S/C8H4F3NO2/c9-8(10,11)6-1-5(4-13)2-7(3-6)12-14/h1-4H. The van der Waals surface area contributed by atoms with Gasteiger partial charge in [0.25, 0.3) is 0 Å². The molecule has 0 saturated heterocycles. The van der Waals surface area contributed by atoms with Crippen molar-refractivity contribution in [3.63, 3.8) is 0 Å². The zero-order chi connectivity index (χ0) is 10.8. The van der Waals surface area contributed by atoms with Crippen LogP contribution in [0.2, 0.25) is 0 Å². The number of carbonyl (C=O) groups is 1. The average Bonchev–Trinajstić information content (AvgIpc) is 2.15. The lowest BCUT2D eigenvalue weighted by atomic mass is 10.1. The van der Waals surface area contributed by atoms with Crippen LogP contribution in [0.15, 0.2) is 23.4 Å². The summed E-state index contributed by atoms with van der Waals surface area (Å²) in [6.45, 7) is 0. The molecule has 0 saturated carbocycles. The van der Waals surface area contributed by atoms with Gasteiger partial charge in [0, 0.05) is 5.56 Å². The van der Waals surface area contributed by atoms with Crippen molar-refractivity contribution in [1.29, 1.82) is 0 Å². The highest BCUT2D eigenvalue weighted by Gasteiger charge is 2.31. The molecule has 0 amide bonds. The van der Waals surface area contributed by atoms with Crippen LogP contribution in [0.4, 0.5) is 18.9 Å². The second kappa shape index (κ2) is 3.57. The Bertz CT molecular complexity index is 347. The highest BCUT2D eigenvalue weighted by atomic mass is 19.4. The van der Waals surface area contributed by atoms with E-state index in [9.17, 15) is 22.9 Å². The first-order chi connectivity index (χ1) is 6.47. The number of nitroso groups, excluding NO2 is 1. The van der Waals surface area contributed by atoms with Crippen molar-refractivity contribution in [3.8, 4) is 0 Å². The summed E-state index contributed by atoms with van der Waals surface area (Å²) in [5.74, 6) is 0. The van der Waals surface area contributed by atoms with Crippen LogP contribution in [0.5, 0.6) is 0 Å². The number of halogens is 3. The van der Waals surface area contributed by atoms with Crippen molar-refractivity contribution in [3.05, 3.63) is 34.2 Å². The highest BCUT2D eigenvalue weighted by Crippen LogP contribution is 2.32. The van der Waals surface area contributed by atoms with Crippen LogP contribution in [-0.2, 0) is 6.18 Å². The van der Waals surface area contributed by atoms with Crippen molar-refractivity contribution < 1.29 is 18.0 Å². The van der Waals surface area contributed by atoms with Crippen molar-refractivity contribution >= 4 is 12.0 Å². The van der Waals surface area contributed by atoms with Gasteiger partial charge in [-0.15, -0.1) is 4.91 Å². The van der Waals surface area contributed by atoms with Gasteiger partial charge in [0.1, 0.15) is 12.0 Å². The third-order valence-electron chi connectivity index (χ3n) is 1.51. The third-order valence-corrected chi connectivity index (χ3v) is 1.51. The smallest absolute Gasteiger partial charge is 0.298 e. The number of aldehydes is 1. The molecule has 0 aliphatic carbocycles. The van der Waals surface area contributed by atoms with Crippen LogP contribution in [0.25, 0.3) is 0 Å². The minimum absolute atomic E-state index is 0.226. The molecule has 0 fully saturated rings. The summed E-state index contributed by atoms with van der Waals surface area (Å²) in [7, 11) is 0. The van der Waals surface area contributed by atoms with Crippen LogP contribution in [0.1, 0.15) is 15.9 Å². The molecule has 0 spiro atoms. The number of rotatable bonds is 2. The van der Waals surface area contributed by atoms with Crippen LogP contribution in [0, 0.1) is 4.91 Å². The van der Waals surface area contributed by atoms with E-state index in [1.165, 1.54) is 0 Å². The van der Waals surface area contributed by atoms with Crippen LogP contribution in [0.3, 0.4) is 0 Å². The molecule has 0 unspecified atom stereocenters. The van der Waals surface area contributed by atoms with Gasteiger partial charge < -0.3 is 0 Å². The maximum atomic E-state index is 12.2. The minimum Gasteiger partial charge on any atom is -0.298 e. The van der Waals surface area contributed by atoms with Gasteiger partial charge >= 0.3 is 6.18 Å². The third kappa shape index (κ3) is 2.15. The Labute approximate surface area is 76.5 Å². The predicted molar refractivity (Wildman–Crippen MR) is 42.3 cm³/mol. The highest BCUT2D eigenvalue weighted by molar-refractivity contribution is 5.77. The molecule has 0 bridgehead atoms. The second-order valence-corrected chi connectivity index (χ2v) is 2.52. The van der Waals surface area contributed by atoms with E-state index in [1.807, 2.05) is 0 Å². The van der Waals surface area contributed by atoms with Crippen molar-refractivity contribution in [2.45, 2.75) is 6.18 Å². The molecule has 0 N–H and O–H groups in total. The van der Waals surface area contributed by atoms with Gasteiger partial charge in [0.15, 0.2) is 0 Å². The first-order valence-electron chi connectivity index (χ1n) is 3.48. The molecule has 74 valence electrons. The van der Waals surface area contributed by atoms with E-state index >= 15 is 0 Å². The summed E-state index contributed by atoms with van der Waals surface area (Å²) in [5.41, 5.74) is -1.70. The molecular formula is C8H4F3NO2. The Kier molecular flexibility index (Phi) is 2.64. The number of carbonyl (C=O) groups excluding carboxylic acids is 1. The van der Waals surface area contributed by atoms with Gasteiger partial charge in [0.2, 0.25) is 0 Å². The van der Waals surface area contributed by atoms with Crippen LogP contribution in [-0.4, -0.2) is 6.29 Å². The monoisotopic (exact) mass is 203 g/mol. The fourth-order valence-electron chi connectivity index (χ4n) is 0.919. The molecule has 1 aromatic rings. The van der Waals surface area contributed by atoms with Crippen molar-refractivity contribution in [2.75, 3.05) is 0 Å². The van der Waals surface area contributed by atoms with Gasteiger partial charge in [-0.25, -0.2) is 0 Å². The summed E-state index contributed by atoms with van der Waals surface area (Å²) < 4.78 is 36.5. The van der Waals surface area contributed by atoms with Crippen LogP contribution < -0.4 is 0 Å². The van der Waals surface area contributed by atoms with Gasteiger partial charge in [-0.2, -0.15) is 13.2 Å². The zero-order valence-corrected chi connectivity index (χ0v) is 6.71. The van der Waals surface area contributed by atoms with E-state index < -0.39 is 17.4 Å². The maximum Gasteiger partial charge on any atom is 0.416 e. The van der Waals surface area contributed by atoms with E-state index in [0.717, 1.165) is 6.07 Å². The lowest BCUT2D eigenvalue weighted by molar-refractivity contribution is -0.137. The molecule has 0 heterocycles. The first kappa shape index (κ1) is 10.4. The predicted octanol–water partition coefficient (Wildman–Crippen LogP) is 2.92. The first-order valence-corrected chi connectivity index (χ1v) is 3.48. The fraction of sp³-hybridized carbons (Fsp3) is 0.125.